The van der Waals surface area contributed by atoms with Gasteiger partial charge in [-0.2, -0.15) is 13.2 Å². The van der Waals surface area contributed by atoms with E-state index in [-0.39, 0.29) is 41.2 Å². The summed E-state index contributed by atoms with van der Waals surface area (Å²) >= 11 is 0. The van der Waals surface area contributed by atoms with Gasteiger partial charge in [-0.1, -0.05) is 34.6 Å². The van der Waals surface area contributed by atoms with E-state index < -0.39 is 18.1 Å². The normalized spacial score (nSPS) is 47.6. The number of aliphatic hydroxyl groups is 1. The number of carbonyl (C=O) groups excluding carboxylic acids is 1. The predicted molar refractivity (Wildman–Crippen MR) is 127 cm³/mol. The average Bonchev–Trinajstić information content (AvgIpc) is 3.01. The van der Waals surface area contributed by atoms with Gasteiger partial charge in [-0.25, -0.2) is 0 Å². The molecular weight excluding hydrogens is 457 g/mol. The zero-order valence-electron chi connectivity index (χ0n) is 22.3. The van der Waals surface area contributed by atoms with Crippen LogP contribution >= 0.6 is 0 Å². The van der Waals surface area contributed by atoms with Gasteiger partial charge in [-0.3, -0.25) is 4.79 Å². The van der Waals surface area contributed by atoms with E-state index in [0.717, 1.165) is 44.9 Å². The Kier molecular flexibility index (Phi) is 7.14. The maximum atomic E-state index is 13.7. The zero-order chi connectivity index (χ0) is 26.0. The number of fused-ring (bicyclic) bond motifs is 3. The second-order valence-corrected chi connectivity index (χ2v) is 13.3. The molecule has 0 radical (unpaired) electrons. The van der Waals surface area contributed by atoms with Crippen LogP contribution in [0.5, 0.6) is 0 Å². The topological polar surface area (TPSA) is 55.8 Å². The monoisotopic (exact) mass is 502 g/mol. The van der Waals surface area contributed by atoms with Crippen molar-refractivity contribution in [1.82, 2.24) is 0 Å². The predicted octanol–water partition coefficient (Wildman–Crippen LogP) is 6.89. The van der Waals surface area contributed by atoms with E-state index in [4.69, 9.17) is 9.47 Å². The van der Waals surface area contributed by atoms with E-state index in [1.54, 1.807) is 0 Å². The molecule has 0 aromatic carbocycles. The molecule has 0 bridgehead atoms. The molecule has 1 N–H and O–H groups in total. The van der Waals surface area contributed by atoms with E-state index in [1.165, 1.54) is 6.92 Å². The molecule has 202 valence electrons. The Balaban J connectivity index is 1.51. The van der Waals surface area contributed by atoms with Crippen LogP contribution in [-0.2, 0) is 14.3 Å². The highest BCUT2D eigenvalue weighted by Crippen LogP contribution is 2.65. The van der Waals surface area contributed by atoms with Crippen molar-refractivity contribution in [3.63, 3.8) is 0 Å². The van der Waals surface area contributed by atoms with Crippen molar-refractivity contribution < 1.29 is 32.5 Å². The SMILES string of the molecule is CC(=O)O[C@H]1CCCC(CCC2C3CC4OC(O)(C(F)(F)F)C[C@@H](C)C4[C@@]3(C)CC[C@@H]2C)C1(C)C. The van der Waals surface area contributed by atoms with Crippen LogP contribution in [0.15, 0.2) is 0 Å². The first kappa shape index (κ1) is 27.2. The van der Waals surface area contributed by atoms with Gasteiger partial charge < -0.3 is 14.6 Å². The van der Waals surface area contributed by atoms with Crippen LogP contribution < -0.4 is 0 Å². The molecule has 4 rings (SSSR count). The number of hydrogen-bond acceptors (Lipinski definition) is 4. The van der Waals surface area contributed by atoms with Crippen LogP contribution in [0, 0.1) is 46.3 Å². The van der Waals surface area contributed by atoms with Crippen LogP contribution in [0.1, 0.15) is 99.3 Å². The molecule has 6 unspecified atom stereocenters. The van der Waals surface area contributed by atoms with E-state index in [2.05, 4.69) is 27.7 Å². The highest BCUT2D eigenvalue weighted by Gasteiger charge is 2.67. The Morgan fingerprint density at radius 1 is 1.09 bits per heavy atom. The number of alkyl halides is 3. The lowest BCUT2D eigenvalue weighted by Crippen LogP contribution is -2.57. The smallest absolute Gasteiger partial charge is 0.443 e. The van der Waals surface area contributed by atoms with Crippen molar-refractivity contribution in [2.45, 2.75) is 124 Å². The van der Waals surface area contributed by atoms with Gasteiger partial charge in [0.25, 0.3) is 5.79 Å². The fraction of sp³-hybridized carbons (Fsp3) is 0.964. The third-order valence-electron chi connectivity index (χ3n) is 10.9. The number of carbonyl (C=O) groups is 1. The summed E-state index contributed by atoms with van der Waals surface area (Å²) in [5.74, 6) is -1.75. The first-order valence-electron chi connectivity index (χ1n) is 13.7. The third kappa shape index (κ3) is 4.66. The van der Waals surface area contributed by atoms with E-state index >= 15 is 0 Å². The molecule has 3 aliphatic carbocycles. The molecule has 1 heterocycles. The fourth-order valence-corrected chi connectivity index (χ4v) is 9.05. The van der Waals surface area contributed by atoms with Gasteiger partial charge >= 0.3 is 12.1 Å². The van der Waals surface area contributed by atoms with Crippen molar-refractivity contribution in [3.8, 4) is 0 Å². The van der Waals surface area contributed by atoms with E-state index in [9.17, 15) is 23.1 Å². The number of halogens is 3. The van der Waals surface area contributed by atoms with Crippen molar-refractivity contribution in [1.29, 1.82) is 0 Å². The summed E-state index contributed by atoms with van der Waals surface area (Å²) in [6.45, 7) is 12.4. The highest BCUT2D eigenvalue weighted by molar-refractivity contribution is 5.66. The summed E-state index contributed by atoms with van der Waals surface area (Å²) in [5, 5.41) is 10.4. The molecule has 35 heavy (non-hydrogen) atoms. The number of rotatable bonds is 4. The van der Waals surface area contributed by atoms with E-state index in [1.807, 2.05) is 6.92 Å². The standard InChI is InChI=1S/C28H45F3O4/c1-16-12-13-26(6)21(14-22-24(26)17(2)15-27(33,35-22)28(29,30)31)20(16)11-10-19-8-7-9-23(25(19,4)5)34-18(3)32/h16-17,19-24,33H,7-15H2,1-6H3/t16-,17+,19?,20?,21?,22?,23-,24?,26-,27?/m0/s1. The first-order valence-corrected chi connectivity index (χ1v) is 13.7. The second kappa shape index (κ2) is 9.18. The second-order valence-electron chi connectivity index (χ2n) is 13.3. The van der Waals surface area contributed by atoms with Crippen molar-refractivity contribution >= 4 is 5.97 Å². The number of ether oxygens (including phenoxy) is 2. The van der Waals surface area contributed by atoms with Crippen LogP contribution in [0.3, 0.4) is 0 Å². The van der Waals surface area contributed by atoms with Gasteiger partial charge in [0.2, 0.25) is 0 Å². The summed E-state index contributed by atoms with van der Waals surface area (Å²) in [6, 6.07) is 0. The Bertz CT molecular complexity index is 798. The minimum Gasteiger partial charge on any atom is -0.462 e. The lowest BCUT2D eigenvalue weighted by molar-refractivity contribution is -0.401. The molecule has 3 saturated carbocycles. The Hall–Kier alpha value is -0.820. The maximum absolute atomic E-state index is 13.7. The largest absolute Gasteiger partial charge is 0.462 e. The molecule has 1 saturated heterocycles. The van der Waals surface area contributed by atoms with Crippen LogP contribution in [0.25, 0.3) is 0 Å². The van der Waals surface area contributed by atoms with Gasteiger partial charge in [-0.15, -0.1) is 0 Å². The van der Waals surface area contributed by atoms with Gasteiger partial charge in [0.15, 0.2) is 0 Å². The molecule has 7 heteroatoms. The molecule has 0 aromatic rings. The average molecular weight is 503 g/mol. The molecule has 4 aliphatic rings. The van der Waals surface area contributed by atoms with Gasteiger partial charge in [0, 0.05) is 18.8 Å². The summed E-state index contributed by atoms with van der Waals surface area (Å²) in [7, 11) is 0. The van der Waals surface area contributed by atoms with Gasteiger partial charge in [0.05, 0.1) is 6.10 Å². The maximum Gasteiger partial charge on any atom is 0.443 e. The summed E-state index contributed by atoms with van der Waals surface area (Å²) < 4.78 is 52.2. The highest BCUT2D eigenvalue weighted by atomic mass is 19.4. The number of hydrogen-bond donors (Lipinski definition) is 1. The van der Waals surface area contributed by atoms with E-state index in [0.29, 0.717) is 30.1 Å². The van der Waals surface area contributed by atoms with Gasteiger partial charge in [0.1, 0.15) is 6.10 Å². The molecule has 0 spiro atoms. The van der Waals surface area contributed by atoms with Crippen molar-refractivity contribution in [2.75, 3.05) is 0 Å². The Labute approximate surface area is 208 Å². The van der Waals surface area contributed by atoms with Crippen molar-refractivity contribution in [3.05, 3.63) is 0 Å². The molecule has 10 atom stereocenters. The molecule has 0 amide bonds. The number of esters is 1. The third-order valence-corrected chi connectivity index (χ3v) is 10.9. The van der Waals surface area contributed by atoms with Crippen LogP contribution in [0.4, 0.5) is 13.2 Å². The summed E-state index contributed by atoms with van der Waals surface area (Å²) in [5.41, 5.74) is -0.147. The molecule has 4 fully saturated rings. The molecule has 4 nitrogen and oxygen atoms in total. The molecule has 0 aromatic heterocycles. The first-order chi connectivity index (χ1) is 16.1. The molecule has 1 aliphatic heterocycles. The quantitative estimate of drug-likeness (QED) is 0.425. The summed E-state index contributed by atoms with van der Waals surface area (Å²) in [4.78, 5) is 11.7. The molecular formula is C28H45F3O4. The Morgan fingerprint density at radius 2 is 1.77 bits per heavy atom. The lowest BCUT2D eigenvalue weighted by atomic mass is 9.54. The lowest BCUT2D eigenvalue weighted by Gasteiger charge is -2.52. The zero-order valence-corrected chi connectivity index (χ0v) is 22.3. The van der Waals surface area contributed by atoms with Crippen LogP contribution in [-0.4, -0.2) is 35.2 Å². The van der Waals surface area contributed by atoms with Gasteiger partial charge in [-0.05, 0) is 92.3 Å². The fourth-order valence-electron chi connectivity index (χ4n) is 9.05. The minimum atomic E-state index is -4.78. The summed E-state index contributed by atoms with van der Waals surface area (Å²) in [6.07, 6.45) is 2.10. The van der Waals surface area contributed by atoms with Crippen LogP contribution in [0.2, 0.25) is 0 Å². The minimum absolute atomic E-state index is 0.0459. The Morgan fingerprint density at radius 3 is 2.40 bits per heavy atom. The van der Waals surface area contributed by atoms with Crippen molar-refractivity contribution in [2.24, 2.45) is 46.3 Å².